The van der Waals surface area contributed by atoms with E-state index in [-0.39, 0.29) is 23.9 Å². The zero-order valence-electron chi connectivity index (χ0n) is 14.0. The first kappa shape index (κ1) is 16.3. The smallest absolute Gasteiger partial charge is 0.317 e. The van der Waals surface area contributed by atoms with Gasteiger partial charge < -0.3 is 15.2 Å². The van der Waals surface area contributed by atoms with Crippen LogP contribution in [0.15, 0.2) is 24.3 Å². The van der Waals surface area contributed by atoms with E-state index in [0.717, 1.165) is 23.9 Å². The van der Waals surface area contributed by atoms with Crippen molar-refractivity contribution in [3.8, 4) is 0 Å². The summed E-state index contributed by atoms with van der Waals surface area (Å²) in [5, 5.41) is 5.71. The Bertz CT molecular complexity index is 706. The number of nitrogens with one attached hydrogen (secondary N) is 3. The first-order valence-electron chi connectivity index (χ1n) is 8.34. The van der Waals surface area contributed by atoms with Crippen molar-refractivity contribution in [3.63, 3.8) is 0 Å². The molecule has 1 atom stereocenters. The number of carbonyl (C=O) groups excluding carboxylic acids is 2. The molecule has 7 nitrogen and oxygen atoms in total. The van der Waals surface area contributed by atoms with Crippen molar-refractivity contribution >= 4 is 28.9 Å². The van der Waals surface area contributed by atoms with Gasteiger partial charge in [0, 0.05) is 19.1 Å². The van der Waals surface area contributed by atoms with E-state index in [1.807, 2.05) is 38.1 Å². The van der Waals surface area contributed by atoms with E-state index in [4.69, 9.17) is 0 Å². The number of nitrogens with zero attached hydrogens (tertiary/aromatic N) is 2. The summed E-state index contributed by atoms with van der Waals surface area (Å²) in [7, 11) is 0. The fraction of sp³-hybridized carbons (Fsp3) is 0.471. The zero-order chi connectivity index (χ0) is 17.1. The highest BCUT2D eigenvalue weighted by Crippen LogP contribution is 2.19. The minimum atomic E-state index is -0.218. The molecule has 2 aromatic rings. The minimum absolute atomic E-state index is 0.0854. The Kier molecular flexibility index (Phi) is 4.69. The first-order valence-corrected chi connectivity index (χ1v) is 8.34. The number of H-pyrrole nitrogens is 1. The van der Waals surface area contributed by atoms with Crippen LogP contribution in [0.25, 0.3) is 11.0 Å². The predicted octanol–water partition coefficient (Wildman–Crippen LogP) is 2.33. The fourth-order valence-corrected chi connectivity index (χ4v) is 2.94. The van der Waals surface area contributed by atoms with Gasteiger partial charge in [0.1, 0.15) is 0 Å². The van der Waals surface area contributed by atoms with Gasteiger partial charge in [0.05, 0.1) is 17.0 Å². The summed E-state index contributed by atoms with van der Waals surface area (Å²) in [6.07, 6.45) is 1.60. The number of carbonyl (C=O) groups is 2. The van der Waals surface area contributed by atoms with Gasteiger partial charge in [-0.2, -0.15) is 0 Å². The molecule has 1 saturated heterocycles. The van der Waals surface area contributed by atoms with Crippen LogP contribution >= 0.6 is 0 Å². The van der Waals surface area contributed by atoms with Crippen LogP contribution in [0.2, 0.25) is 0 Å². The summed E-state index contributed by atoms with van der Waals surface area (Å²) < 4.78 is 0. The second-order valence-corrected chi connectivity index (χ2v) is 6.48. The number of para-hydroxylation sites is 2. The monoisotopic (exact) mass is 329 g/mol. The van der Waals surface area contributed by atoms with Crippen LogP contribution in [0.3, 0.4) is 0 Å². The SMILES string of the molecule is CC(C)NC(=O)N1CCC[C@@H](C(=O)Nc2nc3ccccc3[nH]2)C1. The van der Waals surface area contributed by atoms with Crippen molar-refractivity contribution in [1.82, 2.24) is 20.2 Å². The third kappa shape index (κ3) is 3.67. The lowest BCUT2D eigenvalue weighted by Crippen LogP contribution is -2.49. The van der Waals surface area contributed by atoms with Crippen LogP contribution < -0.4 is 10.6 Å². The number of amides is 3. The molecule has 1 aromatic carbocycles. The van der Waals surface area contributed by atoms with E-state index in [9.17, 15) is 9.59 Å². The maximum absolute atomic E-state index is 12.5. The van der Waals surface area contributed by atoms with Crippen molar-refractivity contribution in [2.75, 3.05) is 18.4 Å². The maximum atomic E-state index is 12.5. The number of benzene rings is 1. The molecular formula is C17H23N5O2. The highest BCUT2D eigenvalue weighted by molar-refractivity contribution is 5.93. The molecule has 3 N–H and O–H groups in total. The number of aromatic amines is 1. The van der Waals surface area contributed by atoms with Crippen LogP contribution in [0.1, 0.15) is 26.7 Å². The van der Waals surface area contributed by atoms with Crippen molar-refractivity contribution in [1.29, 1.82) is 0 Å². The first-order chi connectivity index (χ1) is 11.5. The molecule has 3 rings (SSSR count). The number of urea groups is 1. The minimum Gasteiger partial charge on any atom is -0.336 e. The Hall–Kier alpha value is -2.57. The van der Waals surface area contributed by atoms with Gasteiger partial charge >= 0.3 is 6.03 Å². The number of fused-ring (bicyclic) bond motifs is 1. The van der Waals surface area contributed by atoms with Gasteiger partial charge in [-0.3, -0.25) is 10.1 Å². The number of imidazole rings is 1. The van der Waals surface area contributed by atoms with E-state index >= 15 is 0 Å². The summed E-state index contributed by atoms with van der Waals surface area (Å²) in [4.78, 5) is 33.8. The third-order valence-electron chi connectivity index (χ3n) is 4.12. The Morgan fingerprint density at radius 3 is 2.88 bits per heavy atom. The Morgan fingerprint density at radius 1 is 1.33 bits per heavy atom. The molecule has 0 saturated carbocycles. The van der Waals surface area contributed by atoms with Gasteiger partial charge in [-0.15, -0.1) is 0 Å². The van der Waals surface area contributed by atoms with Crippen LogP contribution in [-0.4, -0.2) is 45.9 Å². The van der Waals surface area contributed by atoms with E-state index < -0.39 is 0 Å². The van der Waals surface area contributed by atoms with Gasteiger partial charge in [0.25, 0.3) is 0 Å². The molecule has 128 valence electrons. The highest BCUT2D eigenvalue weighted by Gasteiger charge is 2.29. The molecule has 2 heterocycles. The van der Waals surface area contributed by atoms with Crippen molar-refractivity contribution < 1.29 is 9.59 Å². The summed E-state index contributed by atoms with van der Waals surface area (Å²) in [6.45, 7) is 4.97. The van der Waals surface area contributed by atoms with Crippen LogP contribution in [0.4, 0.5) is 10.7 Å². The number of anilines is 1. The average molecular weight is 329 g/mol. The molecule has 7 heteroatoms. The lowest BCUT2D eigenvalue weighted by molar-refractivity contribution is -0.121. The molecule has 1 fully saturated rings. The van der Waals surface area contributed by atoms with Gasteiger partial charge in [0.2, 0.25) is 11.9 Å². The Balaban J connectivity index is 1.62. The summed E-state index contributed by atoms with van der Waals surface area (Å²) in [5.74, 6) is 0.130. The van der Waals surface area contributed by atoms with Crippen molar-refractivity contribution in [2.45, 2.75) is 32.7 Å². The van der Waals surface area contributed by atoms with Gasteiger partial charge in [-0.25, -0.2) is 9.78 Å². The van der Waals surface area contributed by atoms with E-state index in [1.165, 1.54) is 0 Å². The molecule has 3 amide bonds. The number of likely N-dealkylation sites (tertiary alicyclic amines) is 1. The fourth-order valence-electron chi connectivity index (χ4n) is 2.94. The molecule has 0 spiro atoms. The Labute approximate surface area is 140 Å². The van der Waals surface area contributed by atoms with Crippen molar-refractivity contribution in [2.24, 2.45) is 5.92 Å². The number of hydrogen-bond donors (Lipinski definition) is 3. The zero-order valence-corrected chi connectivity index (χ0v) is 14.0. The molecule has 1 aliphatic rings. The topological polar surface area (TPSA) is 90.1 Å². The van der Waals surface area contributed by atoms with Crippen LogP contribution in [0.5, 0.6) is 0 Å². The second kappa shape index (κ2) is 6.90. The van der Waals surface area contributed by atoms with E-state index in [0.29, 0.717) is 19.0 Å². The summed E-state index contributed by atoms with van der Waals surface area (Å²) in [6, 6.07) is 7.60. The van der Waals surface area contributed by atoms with Crippen molar-refractivity contribution in [3.05, 3.63) is 24.3 Å². The van der Waals surface area contributed by atoms with E-state index in [2.05, 4.69) is 20.6 Å². The van der Waals surface area contributed by atoms with Gasteiger partial charge in [-0.1, -0.05) is 12.1 Å². The quantitative estimate of drug-likeness (QED) is 0.807. The molecule has 24 heavy (non-hydrogen) atoms. The molecule has 1 aliphatic heterocycles. The molecule has 0 bridgehead atoms. The third-order valence-corrected chi connectivity index (χ3v) is 4.12. The Morgan fingerprint density at radius 2 is 2.12 bits per heavy atom. The largest absolute Gasteiger partial charge is 0.336 e. The lowest BCUT2D eigenvalue weighted by Gasteiger charge is -2.32. The number of aromatic nitrogens is 2. The average Bonchev–Trinajstić information content (AvgIpc) is 2.96. The predicted molar refractivity (Wildman–Crippen MR) is 92.7 cm³/mol. The van der Waals surface area contributed by atoms with Crippen LogP contribution in [-0.2, 0) is 4.79 Å². The maximum Gasteiger partial charge on any atom is 0.317 e. The molecular weight excluding hydrogens is 306 g/mol. The normalized spacial score (nSPS) is 18.0. The molecule has 0 unspecified atom stereocenters. The van der Waals surface area contributed by atoms with Crippen LogP contribution in [0, 0.1) is 5.92 Å². The highest BCUT2D eigenvalue weighted by atomic mass is 16.2. The van der Waals surface area contributed by atoms with Gasteiger partial charge in [0.15, 0.2) is 0 Å². The summed E-state index contributed by atoms with van der Waals surface area (Å²) in [5.41, 5.74) is 1.70. The summed E-state index contributed by atoms with van der Waals surface area (Å²) >= 11 is 0. The van der Waals surface area contributed by atoms with Gasteiger partial charge in [-0.05, 0) is 38.8 Å². The number of rotatable bonds is 3. The van der Waals surface area contributed by atoms with E-state index in [1.54, 1.807) is 4.90 Å². The standard InChI is InChI=1S/C17H23N5O2/c1-11(2)18-17(24)22-9-5-6-12(10-22)15(23)21-16-19-13-7-3-4-8-14(13)20-16/h3-4,7-8,11-12H,5-6,9-10H2,1-2H3,(H,18,24)(H2,19,20,21,23)/t12-/m1/s1. The molecule has 0 radical (unpaired) electrons. The number of hydrogen-bond acceptors (Lipinski definition) is 3. The molecule has 1 aromatic heterocycles. The number of piperidine rings is 1. The second-order valence-electron chi connectivity index (χ2n) is 6.48. The molecule has 0 aliphatic carbocycles. The lowest BCUT2D eigenvalue weighted by atomic mass is 9.97.